The van der Waals surface area contributed by atoms with Gasteiger partial charge >= 0.3 is 0 Å². The van der Waals surface area contributed by atoms with E-state index in [1.807, 2.05) is 6.07 Å². The number of carbonyl (C=O) groups excluding carboxylic acids is 1. The minimum Gasteiger partial charge on any atom is -0.491 e. The second-order valence-electron chi connectivity index (χ2n) is 15.0. The summed E-state index contributed by atoms with van der Waals surface area (Å²) in [4.78, 5) is 16.1. The van der Waals surface area contributed by atoms with Crippen LogP contribution in [-0.4, -0.2) is 48.8 Å². The number of hydrogen-bond donors (Lipinski definition) is 2. The number of fused-ring (bicyclic) bond motifs is 1. The summed E-state index contributed by atoms with van der Waals surface area (Å²) in [5.41, 5.74) is 8.31. The maximum absolute atomic E-state index is 14.0. The van der Waals surface area contributed by atoms with Crippen LogP contribution < -0.4 is 10.1 Å². The Morgan fingerprint density at radius 3 is 2.33 bits per heavy atom. The van der Waals surface area contributed by atoms with E-state index >= 15 is 0 Å². The van der Waals surface area contributed by atoms with Crippen LogP contribution in [0.3, 0.4) is 0 Å². The highest BCUT2D eigenvalue weighted by Crippen LogP contribution is 2.56. The number of aliphatic hydroxyl groups is 1. The number of nitrogens with one attached hydrogen (secondary N) is 1. The molecule has 0 radical (unpaired) electrons. The smallest absolute Gasteiger partial charge is 0.298 e. The number of ether oxygens (including phenoxy) is 1. The molecule has 7 rings (SSSR count). The lowest BCUT2D eigenvalue weighted by molar-refractivity contribution is -0.130. The average Bonchev–Trinajstić information content (AvgIpc) is 2.96. The molecule has 5 aliphatic rings. The van der Waals surface area contributed by atoms with Crippen LogP contribution in [0.1, 0.15) is 87.4 Å². The standard InChI is InChI=1S/C37H50N2O3Si/c1-5-6-7-32-21-30-22-33(42-16-15-40)12-13-34(30)36(39(32)35(41)14-17-43(2,3)4)29-8-10-31(11-9-29)38-37-23-26-18-27(24-37)20-28(19-26)25-37/h8-13,22,26-28,32,36,38,40H,5-7,15-16,18-21,23-25H2,1-4H3/t26?,27?,28?,32-,36-,37?/m0/s1. The average molecular weight is 599 g/mol. The number of amides is 1. The molecule has 4 aliphatic carbocycles. The van der Waals surface area contributed by atoms with E-state index in [-0.39, 0.29) is 36.7 Å². The molecule has 4 saturated carbocycles. The van der Waals surface area contributed by atoms with Crippen LogP contribution in [0.2, 0.25) is 19.6 Å². The maximum atomic E-state index is 14.0. The Morgan fingerprint density at radius 2 is 1.72 bits per heavy atom. The van der Waals surface area contributed by atoms with E-state index in [4.69, 9.17) is 4.74 Å². The van der Waals surface area contributed by atoms with Crippen molar-refractivity contribution in [2.45, 2.75) is 108 Å². The van der Waals surface area contributed by atoms with Crippen molar-refractivity contribution in [2.75, 3.05) is 18.5 Å². The van der Waals surface area contributed by atoms with Gasteiger partial charge in [-0.2, -0.15) is 0 Å². The summed E-state index contributed by atoms with van der Waals surface area (Å²) in [6.45, 7) is 9.04. The Bertz CT molecular complexity index is 1330. The van der Waals surface area contributed by atoms with Crippen molar-refractivity contribution < 1.29 is 14.6 Å². The van der Waals surface area contributed by atoms with E-state index in [0.29, 0.717) is 0 Å². The van der Waals surface area contributed by atoms with Crippen molar-refractivity contribution in [3.8, 4) is 17.2 Å². The third-order valence-corrected chi connectivity index (χ3v) is 11.1. The van der Waals surface area contributed by atoms with Crippen LogP contribution in [-0.2, 0) is 11.2 Å². The summed E-state index contributed by atoms with van der Waals surface area (Å²) in [5.74, 6) is 6.52. The minimum atomic E-state index is -1.72. The van der Waals surface area contributed by atoms with Gasteiger partial charge in [0.1, 0.15) is 20.4 Å². The Hall–Kier alpha value is -2.75. The lowest BCUT2D eigenvalue weighted by atomic mass is 9.53. The second kappa shape index (κ2) is 12.3. The first-order valence-electron chi connectivity index (χ1n) is 16.8. The Labute approximate surface area is 259 Å². The molecule has 4 bridgehead atoms. The highest BCUT2D eigenvalue weighted by atomic mass is 28.3. The monoisotopic (exact) mass is 598 g/mol. The number of hydrogen-bond acceptors (Lipinski definition) is 4. The quantitative estimate of drug-likeness (QED) is 0.234. The molecule has 43 heavy (non-hydrogen) atoms. The van der Waals surface area contributed by atoms with E-state index < -0.39 is 8.07 Å². The normalized spacial score (nSPS) is 29.0. The zero-order chi connectivity index (χ0) is 30.2. The molecular formula is C37H50N2O3Si. The van der Waals surface area contributed by atoms with E-state index in [0.717, 1.165) is 60.3 Å². The molecule has 2 aromatic rings. The van der Waals surface area contributed by atoms with Crippen LogP contribution in [0.15, 0.2) is 42.5 Å². The van der Waals surface area contributed by atoms with Gasteiger partial charge in [-0.3, -0.25) is 4.79 Å². The number of carbonyl (C=O) groups is 1. The van der Waals surface area contributed by atoms with Gasteiger partial charge in [0.2, 0.25) is 0 Å². The molecule has 1 amide bonds. The van der Waals surface area contributed by atoms with Gasteiger partial charge in [0, 0.05) is 17.3 Å². The first-order chi connectivity index (χ1) is 20.6. The van der Waals surface area contributed by atoms with Crippen molar-refractivity contribution in [1.29, 1.82) is 0 Å². The van der Waals surface area contributed by atoms with Gasteiger partial charge in [-0.15, -0.1) is 5.54 Å². The molecule has 1 aliphatic heterocycles. The van der Waals surface area contributed by atoms with Crippen molar-refractivity contribution >= 4 is 19.7 Å². The van der Waals surface area contributed by atoms with Crippen LogP contribution in [0, 0.1) is 29.2 Å². The summed E-state index contributed by atoms with van der Waals surface area (Å²) in [7, 11) is -1.72. The second-order valence-corrected chi connectivity index (χ2v) is 19.7. The van der Waals surface area contributed by atoms with Crippen molar-refractivity contribution in [3.63, 3.8) is 0 Å². The highest BCUT2D eigenvalue weighted by Gasteiger charge is 2.51. The van der Waals surface area contributed by atoms with Gasteiger partial charge in [0.05, 0.1) is 12.6 Å². The molecule has 0 unspecified atom stereocenters. The maximum Gasteiger partial charge on any atom is 0.298 e. The molecule has 2 aromatic carbocycles. The summed E-state index contributed by atoms with van der Waals surface area (Å²) < 4.78 is 5.80. The number of benzene rings is 2. The van der Waals surface area contributed by atoms with Gasteiger partial charge in [-0.05, 0) is 116 Å². The molecule has 2 N–H and O–H groups in total. The number of anilines is 1. The Balaban J connectivity index is 1.34. The zero-order valence-electron chi connectivity index (χ0n) is 26.6. The lowest BCUT2D eigenvalue weighted by Crippen LogP contribution is -2.54. The molecule has 4 fully saturated rings. The summed E-state index contributed by atoms with van der Waals surface area (Å²) in [6, 6.07) is 15.1. The molecule has 230 valence electrons. The van der Waals surface area contributed by atoms with Crippen molar-refractivity contribution in [3.05, 3.63) is 59.2 Å². The molecular weight excluding hydrogens is 549 g/mol. The third-order valence-electron chi connectivity index (χ3n) is 10.2. The van der Waals surface area contributed by atoms with Gasteiger partial charge in [0.25, 0.3) is 5.91 Å². The summed E-state index contributed by atoms with van der Waals surface area (Å²) >= 11 is 0. The predicted molar refractivity (Wildman–Crippen MR) is 177 cm³/mol. The predicted octanol–water partition coefficient (Wildman–Crippen LogP) is 7.35. The van der Waals surface area contributed by atoms with Crippen LogP contribution in [0.5, 0.6) is 5.75 Å². The highest BCUT2D eigenvalue weighted by molar-refractivity contribution is 6.84. The molecule has 0 aromatic heterocycles. The van der Waals surface area contributed by atoms with Gasteiger partial charge in [-0.25, -0.2) is 0 Å². The van der Waals surface area contributed by atoms with Gasteiger partial charge < -0.3 is 20.1 Å². The fraction of sp³-hybridized carbons (Fsp3) is 0.595. The molecule has 2 atom stereocenters. The van der Waals surface area contributed by atoms with E-state index in [9.17, 15) is 9.90 Å². The van der Waals surface area contributed by atoms with Crippen LogP contribution >= 0.6 is 0 Å². The van der Waals surface area contributed by atoms with Gasteiger partial charge in [0.15, 0.2) is 0 Å². The fourth-order valence-corrected chi connectivity index (χ4v) is 9.40. The summed E-state index contributed by atoms with van der Waals surface area (Å²) in [5, 5.41) is 13.3. The zero-order valence-corrected chi connectivity index (χ0v) is 27.6. The van der Waals surface area contributed by atoms with Crippen molar-refractivity contribution in [2.24, 2.45) is 17.8 Å². The number of aliphatic hydroxyl groups excluding tert-OH is 1. The number of rotatable bonds is 9. The Morgan fingerprint density at radius 1 is 1.05 bits per heavy atom. The van der Waals surface area contributed by atoms with E-state index in [2.05, 4.69) is 84.6 Å². The number of unbranched alkanes of at least 4 members (excludes halogenated alkanes) is 1. The SMILES string of the molecule is CCCC[C@H]1Cc2cc(OCCO)ccc2[C@H](c2ccc(NC34CC5CC(CC(C5)C3)C4)cc2)N1C(=O)C#C[Si](C)(C)C. The van der Waals surface area contributed by atoms with E-state index in [1.54, 1.807) is 0 Å². The number of nitrogens with zero attached hydrogens (tertiary/aromatic N) is 1. The van der Waals surface area contributed by atoms with E-state index in [1.165, 1.54) is 49.8 Å². The molecule has 5 nitrogen and oxygen atoms in total. The summed E-state index contributed by atoms with van der Waals surface area (Å²) in [6.07, 6.45) is 12.1. The van der Waals surface area contributed by atoms with Crippen LogP contribution in [0.25, 0.3) is 0 Å². The lowest BCUT2D eigenvalue weighted by Gasteiger charge is -2.57. The van der Waals surface area contributed by atoms with Crippen molar-refractivity contribution in [1.82, 2.24) is 4.90 Å². The Kier molecular flexibility index (Phi) is 8.68. The first-order valence-corrected chi connectivity index (χ1v) is 20.3. The first kappa shape index (κ1) is 30.3. The minimum absolute atomic E-state index is 0.0134. The topological polar surface area (TPSA) is 61.8 Å². The van der Waals surface area contributed by atoms with Gasteiger partial charge in [-0.1, -0.05) is 57.6 Å². The fourth-order valence-electron chi connectivity index (χ4n) is 8.92. The largest absolute Gasteiger partial charge is 0.491 e. The molecule has 1 heterocycles. The molecule has 6 heteroatoms. The molecule has 0 spiro atoms. The molecule has 0 saturated heterocycles. The third kappa shape index (κ3) is 6.69. The van der Waals surface area contributed by atoms with Crippen LogP contribution in [0.4, 0.5) is 5.69 Å².